The van der Waals surface area contributed by atoms with Crippen molar-refractivity contribution in [3.63, 3.8) is 0 Å². The number of rotatable bonds is 4. The van der Waals surface area contributed by atoms with Crippen molar-refractivity contribution < 1.29 is 13.2 Å². The van der Waals surface area contributed by atoms with Crippen LogP contribution in [0.2, 0.25) is 0 Å². The van der Waals surface area contributed by atoms with E-state index in [2.05, 4.69) is 21.2 Å². The van der Waals surface area contributed by atoms with E-state index in [-0.39, 0.29) is 10.6 Å². The lowest BCUT2D eigenvalue weighted by Crippen LogP contribution is -2.50. The van der Waals surface area contributed by atoms with Crippen molar-refractivity contribution in [3.05, 3.63) is 0 Å². The van der Waals surface area contributed by atoms with Crippen LogP contribution in [0.3, 0.4) is 0 Å². The number of amides is 1. The molecule has 6 nitrogen and oxygen atoms in total. The van der Waals surface area contributed by atoms with E-state index in [0.29, 0.717) is 32.7 Å². The standard InChI is InChI=1S/C8H16BrN3O3S/c1-10-8(13)6-11-2-4-12(5-3-11)16(14,15)7-9/h2-7H2,1H3,(H,10,13). The predicted molar refractivity (Wildman–Crippen MR) is 64.8 cm³/mol. The Morgan fingerprint density at radius 2 is 1.88 bits per heavy atom. The third-order valence-corrected chi connectivity index (χ3v) is 5.67. The zero-order chi connectivity index (χ0) is 12.2. The van der Waals surface area contributed by atoms with E-state index in [1.165, 1.54) is 4.31 Å². The van der Waals surface area contributed by atoms with E-state index >= 15 is 0 Å². The zero-order valence-corrected chi connectivity index (χ0v) is 11.6. The van der Waals surface area contributed by atoms with Crippen LogP contribution < -0.4 is 5.32 Å². The average molecular weight is 314 g/mol. The van der Waals surface area contributed by atoms with Gasteiger partial charge in [-0.3, -0.25) is 9.69 Å². The first kappa shape index (κ1) is 13.9. The average Bonchev–Trinajstić information content (AvgIpc) is 2.29. The van der Waals surface area contributed by atoms with Gasteiger partial charge in [-0.25, -0.2) is 8.42 Å². The fourth-order valence-corrected chi connectivity index (χ4v) is 3.24. The van der Waals surface area contributed by atoms with E-state index in [9.17, 15) is 13.2 Å². The molecule has 0 saturated carbocycles. The lowest BCUT2D eigenvalue weighted by molar-refractivity contribution is -0.122. The fraction of sp³-hybridized carbons (Fsp3) is 0.875. The van der Waals surface area contributed by atoms with Crippen molar-refractivity contribution in [2.45, 2.75) is 0 Å². The van der Waals surface area contributed by atoms with Gasteiger partial charge >= 0.3 is 0 Å². The molecule has 0 radical (unpaired) electrons. The smallest absolute Gasteiger partial charge is 0.233 e. The van der Waals surface area contributed by atoms with Crippen LogP contribution in [0.1, 0.15) is 0 Å². The van der Waals surface area contributed by atoms with Crippen molar-refractivity contribution in [3.8, 4) is 0 Å². The van der Waals surface area contributed by atoms with Crippen LogP contribution in [-0.2, 0) is 14.8 Å². The van der Waals surface area contributed by atoms with Gasteiger partial charge in [0.05, 0.1) is 6.54 Å². The van der Waals surface area contributed by atoms with Gasteiger partial charge in [0.2, 0.25) is 15.9 Å². The van der Waals surface area contributed by atoms with Gasteiger partial charge in [-0.2, -0.15) is 4.31 Å². The quantitative estimate of drug-likeness (QED) is 0.678. The predicted octanol–water partition coefficient (Wildman–Crippen LogP) is -0.968. The molecular formula is C8H16BrN3O3S. The number of alkyl halides is 1. The largest absolute Gasteiger partial charge is 0.358 e. The Kier molecular flexibility index (Phi) is 5.16. The van der Waals surface area contributed by atoms with Crippen LogP contribution in [-0.4, -0.2) is 68.0 Å². The fourth-order valence-electron chi connectivity index (χ4n) is 1.52. The molecule has 0 aromatic rings. The van der Waals surface area contributed by atoms with Crippen molar-refractivity contribution in [2.24, 2.45) is 0 Å². The van der Waals surface area contributed by atoms with Crippen LogP contribution in [0.5, 0.6) is 0 Å². The molecular weight excluding hydrogens is 298 g/mol. The number of hydrogen-bond donors (Lipinski definition) is 1. The highest BCUT2D eigenvalue weighted by atomic mass is 79.9. The van der Waals surface area contributed by atoms with E-state index < -0.39 is 10.0 Å². The van der Waals surface area contributed by atoms with E-state index in [0.717, 1.165) is 0 Å². The van der Waals surface area contributed by atoms with Crippen LogP contribution in [0.15, 0.2) is 0 Å². The molecule has 8 heteroatoms. The number of nitrogens with one attached hydrogen (secondary N) is 1. The molecule has 0 bridgehead atoms. The highest BCUT2D eigenvalue weighted by molar-refractivity contribution is 9.10. The summed E-state index contributed by atoms with van der Waals surface area (Å²) in [5.41, 5.74) is 0. The lowest BCUT2D eigenvalue weighted by atomic mass is 10.3. The third kappa shape index (κ3) is 3.69. The summed E-state index contributed by atoms with van der Waals surface area (Å²) in [6, 6.07) is 0. The lowest BCUT2D eigenvalue weighted by Gasteiger charge is -2.32. The molecule has 94 valence electrons. The van der Waals surface area contributed by atoms with Gasteiger partial charge in [0.15, 0.2) is 0 Å². The second-order valence-corrected chi connectivity index (χ2v) is 6.84. The normalized spacial score (nSPS) is 19.6. The number of piperazine rings is 1. The molecule has 1 heterocycles. The number of hydrogen-bond acceptors (Lipinski definition) is 4. The Morgan fingerprint density at radius 3 is 2.31 bits per heavy atom. The molecule has 1 aliphatic heterocycles. The maximum absolute atomic E-state index is 11.5. The third-order valence-electron chi connectivity index (χ3n) is 2.51. The zero-order valence-electron chi connectivity index (χ0n) is 9.15. The number of nitrogens with zero attached hydrogens (tertiary/aromatic N) is 2. The number of carbonyl (C=O) groups is 1. The minimum absolute atomic E-state index is 0.0446. The summed E-state index contributed by atoms with van der Waals surface area (Å²) in [4.78, 5) is 13.1. The first-order chi connectivity index (χ1) is 7.49. The summed E-state index contributed by atoms with van der Waals surface area (Å²) in [7, 11) is -1.56. The van der Waals surface area contributed by atoms with Crippen molar-refractivity contribution in [1.29, 1.82) is 0 Å². The molecule has 0 spiro atoms. The van der Waals surface area contributed by atoms with Crippen LogP contribution in [0.4, 0.5) is 0 Å². The van der Waals surface area contributed by atoms with Crippen molar-refractivity contribution in [2.75, 3.05) is 44.4 Å². The van der Waals surface area contributed by atoms with Crippen LogP contribution in [0.25, 0.3) is 0 Å². The molecule has 1 rings (SSSR count). The topological polar surface area (TPSA) is 69.7 Å². The van der Waals surface area contributed by atoms with Gasteiger partial charge < -0.3 is 5.32 Å². The maximum atomic E-state index is 11.5. The number of carbonyl (C=O) groups excluding carboxylic acids is 1. The Balaban J connectivity index is 2.43. The van der Waals surface area contributed by atoms with E-state index in [1.807, 2.05) is 4.90 Å². The SMILES string of the molecule is CNC(=O)CN1CCN(S(=O)(=O)CBr)CC1. The summed E-state index contributed by atoms with van der Waals surface area (Å²) in [6.07, 6.45) is 0. The Morgan fingerprint density at radius 1 is 1.31 bits per heavy atom. The summed E-state index contributed by atoms with van der Waals surface area (Å²) in [5.74, 6) is -0.0446. The molecule has 1 amide bonds. The summed E-state index contributed by atoms with van der Waals surface area (Å²) >= 11 is 2.97. The van der Waals surface area contributed by atoms with Gasteiger partial charge in [0.25, 0.3) is 0 Å². The van der Waals surface area contributed by atoms with E-state index in [4.69, 9.17) is 0 Å². The molecule has 0 aliphatic carbocycles. The van der Waals surface area contributed by atoms with Gasteiger partial charge in [0, 0.05) is 33.2 Å². The summed E-state index contributed by atoms with van der Waals surface area (Å²) in [5, 5.41) is 2.54. The summed E-state index contributed by atoms with van der Waals surface area (Å²) < 4.78 is 24.4. The molecule has 1 fully saturated rings. The van der Waals surface area contributed by atoms with Crippen molar-refractivity contribution in [1.82, 2.24) is 14.5 Å². The first-order valence-electron chi connectivity index (χ1n) is 4.96. The molecule has 16 heavy (non-hydrogen) atoms. The van der Waals surface area contributed by atoms with Gasteiger partial charge in [-0.15, -0.1) is 0 Å². The number of sulfonamides is 1. The number of likely N-dealkylation sites (N-methyl/N-ethyl adjacent to an activating group) is 1. The van der Waals surface area contributed by atoms with Gasteiger partial charge in [-0.05, 0) is 0 Å². The van der Waals surface area contributed by atoms with Gasteiger partial charge in [-0.1, -0.05) is 15.9 Å². The second-order valence-electron chi connectivity index (χ2n) is 3.57. The molecule has 1 aliphatic rings. The van der Waals surface area contributed by atoms with Gasteiger partial charge in [0.1, 0.15) is 4.66 Å². The molecule has 0 aromatic heterocycles. The molecule has 1 N–H and O–H groups in total. The van der Waals surface area contributed by atoms with Crippen LogP contribution in [0, 0.1) is 0 Å². The molecule has 1 saturated heterocycles. The highest BCUT2D eigenvalue weighted by Gasteiger charge is 2.26. The Labute approximate surface area is 104 Å². The van der Waals surface area contributed by atoms with E-state index in [1.54, 1.807) is 7.05 Å². The molecule has 0 aromatic carbocycles. The Bertz CT molecular complexity index is 338. The molecule has 0 atom stereocenters. The Hall–Kier alpha value is -0.180. The number of halogens is 1. The van der Waals surface area contributed by atoms with Crippen molar-refractivity contribution >= 4 is 31.9 Å². The minimum atomic E-state index is -3.16. The van der Waals surface area contributed by atoms with Crippen LogP contribution >= 0.6 is 15.9 Å². The molecule has 0 unspecified atom stereocenters. The maximum Gasteiger partial charge on any atom is 0.233 e. The minimum Gasteiger partial charge on any atom is -0.358 e. The summed E-state index contributed by atoms with van der Waals surface area (Å²) in [6.45, 7) is 2.42. The monoisotopic (exact) mass is 313 g/mol. The second kappa shape index (κ2) is 5.95. The first-order valence-corrected chi connectivity index (χ1v) is 7.69. The highest BCUT2D eigenvalue weighted by Crippen LogP contribution is 2.09.